The van der Waals surface area contributed by atoms with Crippen LogP contribution in [0, 0.1) is 0 Å². The molecular weight excluding hydrogens is 455 g/mol. The second-order valence-corrected chi connectivity index (χ2v) is 9.25. The third-order valence-electron chi connectivity index (χ3n) is 5.94. The van der Waals surface area contributed by atoms with E-state index >= 15 is 0 Å². The third-order valence-corrected chi connectivity index (χ3v) is 7.11. The molecule has 174 valence electrons. The Morgan fingerprint density at radius 2 is 2.03 bits per heavy atom. The van der Waals surface area contributed by atoms with E-state index < -0.39 is 12.6 Å². The van der Waals surface area contributed by atoms with E-state index in [2.05, 4.69) is 37.2 Å². The number of fused-ring (bicyclic) bond motifs is 1. The van der Waals surface area contributed by atoms with Gasteiger partial charge in [-0.15, -0.1) is 11.3 Å². The molecule has 1 N–H and O–H groups in total. The van der Waals surface area contributed by atoms with Crippen molar-refractivity contribution in [2.75, 3.05) is 27.2 Å². The molecule has 4 aromatic rings. The first-order chi connectivity index (χ1) is 15.8. The van der Waals surface area contributed by atoms with Crippen molar-refractivity contribution in [1.29, 1.82) is 0 Å². The van der Waals surface area contributed by atoms with Crippen LogP contribution >= 0.6 is 11.3 Å². The van der Waals surface area contributed by atoms with Gasteiger partial charge in [-0.05, 0) is 45.0 Å². The van der Waals surface area contributed by atoms with Crippen LogP contribution in [-0.4, -0.2) is 68.1 Å². The van der Waals surface area contributed by atoms with Gasteiger partial charge >= 0.3 is 6.18 Å². The molecule has 0 spiro atoms. The molecule has 0 atom stereocenters. The number of aromatic amines is 1. The standard InChI is InChI=1S/C21H22F3N7OS/c1-30-5-3-12(4-6-30)16-9-25-20(33-16)18-14(8-21(22,23)24)17(28-29-18)13-7-15(32-2)19-26-11-27-31(19)10-13/h7,9-12H,3-6,8H2,1-2H3,(H,28,29). The lowest BCUT2D eigenvalue weighted by Crippen LogP contribution is -2.28. The normalized spacial score (nSPS) is 16.0. The second kappa shape index (κ2) is 8.41. The van der Waals surface area contributed by atoms with E-state index in [9.17, 15) is 13.2 Å². The van der Waals surface area contributed by atoms with Gasteiger partial charge in [0, 0.05) is 28.4 Å². The Morgan fingerprint density at radius 3 is 2.76 bits per heavy atom. The topological polar surface area (TPSA) is 84.2 Å². The SMILES string of the molecule is COc1cc(-c2[nH]nc(-c3ncc(C4CCN(C)CC4)s3)c2CC(F)(F)F)cn2ncnc12. The molecule has 0 amide bonds. The number of nitrogens with one attached hydrogen (secondary N) is 1. The summed E-state index contributed by atoms with van der Waals surface area (Å²) in [5.74, 6) is 0.772. The fraction of sp³-hybridized carbons (Fsp3) is 0.429. The van der Waals surface area contributed by atoms with E-state index in [-0.39, 0.29) is 17.0 Å². The van der Waals surface area contributed by atoms with E-state index in [0.717, 1.165) is 30.8 Å². The molecule has 0 aliphatic carbocycles. The number of H-pyrrole nitrogens is 1. The molecule has 1 saturated heterocycles. The fourth-order valence-corrected chi connectivity index (χ4v) is 5.32. The van der Waals surface area contributed by atoms with Crippen molar-refractivity contribution in [3.8, 4) is 27.7 Å². The second-order valence-electron chi connectivity index (χ2n) is 8.19. The van der Waals surface area contributed by atoms with Crippen molar-refractivity contribution in [2.45, 2.75) is 31.4 Å². The minimum atomic E-state index is -4.41. The summed E-state index contributed by atoms with van der Waals surface area (Å²) in [4.78, 5) is 11.9. The predicted molar refractivity (Wildman–Crippen MR) is 117 cm³/mol. The van der Waals surface area contributed by atoms with Crippen molar-refractivity contribution in [2.24, 2.45) is 0 Å². The number of halogens is 3. The summed E-state index contributed by atoms with van der Waals surface area (Å²) in [6.45, 7) is 1.99. The molecule has 1 aliphatic rings. The van der Waals surface area contributed by atoms with Crippen LogP contribution in [0.25, 0.3) is 27.6 Å². The van der Waals surface area contributed by atoms with Gasteiger partial charge < -0.3 is 9.64 Å². The molecule has 0 radical (unpaired) electrons. The maximum absolute atomic E-state index is 13.6. The number of hydrogen-bond donors (Lipinski definition) is 1. The zero-order valence-electron chi connectivity index (χ0n) is 18.1. The Bertz CT molecular complexity index is 1270. The third kappa shape index (κ3) is 4.32. The first-order valence-electron chi connectivity index (χ1n) is 10.5. The summed E-state index contributed by atoms with van der Waals surface area (Å²) < 4.78 is 47.6. The number of pyridine rings is 1. The van der Waals surface area contributed by atoms with Gasteiger partial charge in [-0.3, -0.25) is 5.10 Å². The number of methoxy groups -OCH3 is 1. The first-order valence-corrected chi connectivity index (χ1v) is 11.3. The lowest BCUT2D eigenvalue weighted by atomic mass is 9.96. The van der Waals surface area contributed by atoms with Gasteiger partial charge in [-0.1, -0.05) is 0 Å². The van der Waals surface area contributed by atoms with E-state index in [0.29, 0.717) is 27.9 Å². The van der Waals surface area contributed by atoms with Crippen molar-refractivity contribution >= 4 is 17.0 Å². The number of thiazole rings is 1. The molecule has 0 saturated carbocycles. The minimum Gasteiger partial charge on any atom is -0.493 e. The number of rotatable bonds is 5. The van der Waals surface area contributed by atoms with Crippen molar-refractivity contribution in [1.82, 2.24) is 34.7 Å². The Labute approximate surface area is 191 Å². The van der Waals surface area contributed by atoms with Crippen LogP contribution in [0.3, 0.4) is 0 Å². The maximum atomic E-state index is 13.6. The van der Waals surface area contributed by atoms with Gasteiger partial charge in [0.05, 0.1) is 19.2 Å². The summed E-state index contributed by atoms with van der Waals surface area (Å²) in [5.41, 5.74) is 1.47. The molecular formula is C21H22F3N7OS. The number of ether oxygens (including phenoxy) is 1. The highest BCUT2D eigenvalue weighted by atomic mass is 32.1. The average molecular weight is 478 g/mol. The van der Waals surface area contributed by atoms with Crippen LogP contribution in [0.4, 0.5) is 13.2 Å². The monoisotopic (exact) mass is 477 g/mol. The number of hydrogen-bond acceptors (Lipinski definition) is 7. The number of piperidine rings is 1. The number of nitrogens with zero attached hydrogens (tertiary/aromatic N) is 6. The largest absolute Gasteiger partial charge is 0.493 e. The molecule has 0 bridgehead atoms. The van der Waals surface area contributed by atoms with Gasteiger partial charge in [0.2, 0.25) is 0 Å². The molecule has 5 heterocycles. The van der Waals surface area contributed by atoms with Gasteiger partial charge in [0.1, 0.15) is 17.0 Å². The predicted octanol–water partition coefficient (Wildman–Crippen LogP) is 4.17. The van der Waals surface area contributed by atoms with Gasteiger partial charge in [0.25, 0.3) is 0 Å². The van der Waals surface area contributed by atoms with Crippen LogP contribution < -0.4 is 4.74 Å². The lowest BCUT2D eigenvalue weighted by molar-refractivity contribution is -0.127. The Morgan fingerprint density at radius 1 is 1.24 bits per heavy atom. The summed E-state index contributed by atoms with van der Waals surface area (Å²) in [5, 5.41) is 11.7. The Kier molecular flexibility index (Phi) is 5.57. The molecule has 33 heavy (non-hydrogen) atoms. The highest BCUT2D eigenvalue weighted by molar-refractivity contribution is 7.15. The lowest BCUT2D eigenvalue weighted by Gasteiger charge is -2.27. The smallest absolute Gasteiger partial charge is 0.393 e. The molecule has 1 aliphatic heterocycles. The number of aromatic nitrogens is 6. The number of likely N-dealkylation sites (tertiary alicyclic amines) is 1. The van der Waals surface area contributed by atoms with Gasteiger partial charge in [0.15, 0.2) is 11.4 Å². The molecule has 4 aromatic heterocycles. The maximum Gasteiger partial charge on any atom is 0.393 e. The highest BCUT2D eigenvalue weighted by Crippen LogP contribution is 2.40. The minimum absolute atomic E-state index is 0.0493. The van der Waals surface area contributed by atoms with Crippen molar-refractivity contribution in [3.05, 3.63) is 35.2 Å². The molecule has 0 unspecified atom stereocenters. The average Bonchev–Trinajstić information content (AvgIpc) is 3.51. The Hall–Kier alpha value is -2.99. The quantitative estimate of drug-likeness (QED) is 0.465. The summed E-state index contributed by atoms with van der Waals surface area (Å²) in [7, 11) is 3.57. The van der Waals surface area contributed by atoms with Crippen molar-refractivity contribution < 1.29 is 17.9 Å². The van der Waals surface area contributed by atoms with Crippen molar-refractivity contribution in [3.63, 3.8) is 0 Å². The highest BCUT2D eigenvalue weighted by Gasteiger charge is 2.33. The number of alkyl halides is 3. The summed E-state index contributed by atoms with van der Waals surface area (Å²) in [6, 6.07) is 1.63. The Balaban J connectivity index is 1.56. The molecule has 1 fully saturated rings. The molecule has 12 heteroatoms. The summed E-state index contributed by atoms with van der Waals surface area (Å²) in [6.07, 6.45) is 1.23. The van der Waals surface area contributed by atoms with Crippen LogP contribution in [0.2, 0.25) is 0 Å². The first kappa shape index (κ1) is 21.8. The van der Waals surface area contributed by atoms with E-state index in [1.54, 1.807) is 18.5 Å². The fourth-order valence-electron chi connectivity index (χ4n) is 4.21. The van der Waals surface area contributed by atoms with E-state index in [4.69, 9.17) is 4.74 Å². The van der Waals surface area contributed by atoms with E-state index in [1.165, 1.54) is 29.3 Å². The van der Waals surface area contributed by atoms with Gasteiger partial charge in [-0.2, -0.15) is 23.4 Å². The van der Waals surface area contributed by atoms with Crippen LogP contribution in [0.15, 0.2) is 24.8 Å². The molecule has 0 aromatic carbocycles. The van der Waals surface area contributed by atoms with Crippen LogP contribution in [0.1, 0.15) is 29.2 Å². The van der Waals surface area contributed by atoms with Crippen LogP contribution in [0.5, 0.6) is 5.75 Å². The summed E-state index contributed by atoms with van der Waals surface area (Å²) >= 11 is 1.42. The zero-order valence-corrected chi connectivity index (χ0v) is 18.9. The van der Waals surface area contributed by atoms with E-state index in [1.807, 2.05) is 0 Å². The van der Waals surface area contributed by atoms with Gasteiger partial charge in [-0.25, -0.2) is 14.5 Å². The molecule has 8 nitrogen and oxygen atoms in total. The zero-order chi connectivity index (χ0) is 23.2. The molecule has 5 rings (SSSR count). The van der Waals surface area contributed by atoms with Crippen LogP contribution in [-0.2, 0) is 6.42 Å².